The smallest absolute Gasteiger partial charge is 0.322 e. The van der Waals surface area contributed by atoms with Gasteiger partial charge in [0.2, 0.25) is 10.0 Å². The second-order valence-electron chi connectivity index (χ2n) is 6.09. The van der Waals surface area contributed by atoms with Crippen LogP contribution in [0.2, 0.25) is 0 Å². The van der Waals surface area contributed by atoms with E-state index in [9.17, 15) is 18.3 Å². The first kappa shape index (κ1) is 20.6. The highest BCUT2D eigenvalue weighted by Gasteiger charge is 2.40. The van der Waals surface area contributed by atoms with Gasteiger partial charge in [0.15, 0.2) is 0 Å². The summed E-state index contributed by atoms with van der Waals surface area (Å²) in [6.45, 7) is 8.00. The molecule has 0 spiro atoms. The molecule has 0 radical (unpaired) electrons. The first-order valence-electron chi connectivity index (χ1n) is 6.72. The second-order valence-corrected chi connectivity index (χ2v) is 8.58. The quantitative estimate of drug-likeness (QED) is 0.725. The van der Waals surface area contributed by atoms with Gasteiger partial charge in [0.05, 0.1) is 5.25 Å². The van der Waals surface area contributed by atoms with Crippen molar-refractivity contribution in [3.8, 4) is 0 Å². The number of hydrogen-bond acceptors (Lipinski definition) is 5. The Morgan fingerprint density at radius 1 is 1.19 bits per heavy atom. The van der Waals surface area contributed by atoms with Crippen LogP contribution in [0.5, 0.6) is 0 Å². The van der Waals surface area contributed by atoms with Crippen LogP contribution in [0.4, 0.5) is 0 Å². The summed E-state index contributed by atoms with van der Waals surface area (Å²) in [6.07, 6.45) is 0. The molecule has 0 bridgehead atoms. The van der Waals surface area contributed by atoms with Crippen LogP contribution in [0.25, 0.3) is 0 Å². The van der Waals surface area contributed by atoms with E-state index >= 15 is 0 Å². The number of hydrogen-bond donors (Lipinski definition) is 2. The van der Waals surface area contributed by atoms with E-state index in [0.29, 0.717) is 26.2 Å². The Labute approximate surface area is 132 Å². The Morgan fingerprint density at radius 3 is 1.90 bits per heavy atom. The van der Waals surface area contributed by atoms with Crippen molar-refractivity contribution in [2.75, 3.05) is 26.2 Å². The fraction of sp³-hybridized carbons (Fsp3) is 0.917. The van der Waals surface area contributed by atoms with Crippen LogP contribution in [0, 0.1) is 0 Å². The van der Waals surface area contributed by atoms with Crippen molar-refractivity contribution in [3.63, 3.8) is 0 Å². The second kappa shape index (κ2) is 7.23. The molecule has 1 atom stereocenters. The zero-order chi connectivity index (χ0) is 15.7. The van der Waals surface area contributed by atoms with Gasteiger partial charge < -0.3 is 10.8 Å². The van der Waals surface area contributed by atoms with Crippen molar-refractivity contribution < 1.29 is 18.3 Å². The lowest BCUT2D eigenvalue weighted by Crippen LogP contribution is -2.63. The van der Waals surface area contributed by atoms with Gasteiger partial charge in [0, 0.05) is 31.7 Å². The van der Waals surface area contributed by atoms with Crippen molar-refractivity contribution in [2.24, 2.45) is 5.73 Å². The molecule has 1 heterocycles. The minimum Gasteiger partial charge on any atom is -0.480 e. The van der Waals surface area contributed by atoms with Crippen molar-refractivity contribution in [2.45, 2.75) is 44.5 Å². The molecule has 0 aromatic heterocycles. The predicted molar refractivity (Wildman–Crippen MR) is 84.1 cm³/mol. The van der Waals surface area contributed by atoms with Crippen LogP contribution in [-0.2, 0) is 14.8 Å². The van der Waals surface area contributed by atoms with Crippen molar-refractivity contribution in [3.05, 3.63) is 0 Å². The molecule has 0 unspecified atom stereocenters. The van der Waals surface area contributed by atoms with Crippen molar-refractivity contribution in [1.29, 1.82) is 0 Å². The van der Waals surface area contributed by atoms with Gasteiger partial charge in [-0.3, -0.25) is 9.69 Å². The third-order valence-corrected chi connectivity index (χ3v) is 5.81. The molecular weight excluding hydrogens is 318 g/mol. The van der Waals surface area contributed by atoms with Crippen LogP contribution in [0.3, 0.4) is 0 Å². The van der Waals surface area contributed by atoms with Gasteiger partial charge in [-0.15, -0.1) is 12.4 Å². The fourth-order valence-electron chi connectivity index (χ4n) is 2.46. The summed E-state index contributed by atoms with van der Waals surface area (Å²) in [5.41, 5.74) is 5.04. The molecule has 1 rings (SSSR count). The lowest BCUT2D eigenvalue weighted by molar-refractivity contribution is -0.146. The zero-order valence-electron chi connectivity index (χ0n) is 12.9. The lowest BCUT2D eigenvalue weighted by Gasteiger charge is -2.42. The van der Waals surface area contributed by atoms with E-state index in [1.807, 2.05) is 0 Å². The third kappa shape index (κ3) is 4.79. The number of carboxylic acids is 1. The van der Waals surface area contributed by atoms with E-state index in [2.05, 4.69) is 0 Å². The molecule has 1 saturated heterocycles. The van der Waals surface area contributed by atoms with E-state index in [0.717, 1.165) is 0 Å². The largest absolute Gasteiger partial charge is 0.480 e. The van der Waals surface area contributed by atoms with E-state index < -0.39 is 32.8 Å². The molecule has 126 valence electrons. The monoisotopic (exact) mass is 343 g/mol. The summed E-state index contributed by atoms with van der Waals surface area (Å²) in [5.74, 6) is -0.974. The molecular formula is C12H26ClN3O4S. The number of carbonyl (C=O) groups is 1. The zero-order valence-corrected chi connectivity index (χ0v) is 14.6. The van der Waals surface area contributed by atoms with Gasteiger partial charge in [0.1, 0.15) is 6.04 Å². The van der Waals surface area contributed by atoms with Crippen LogP contribution in [0.15, 0.2) is 0 Å². The first-order valence-corrected chi connectivity index (χ1v) is 8.23. The maximum Gasteiger partial charge on any atom is 0.322 e. The Morgan fingerprint density at radius 2 is 1.62 bits per heavy atom. The number of nitrogens with two attached hydrogens (primary N) is 1. The van der Waals surface area contributed by atoms with E-state index in [-0.39, 0.29) is 12.4 Å². The molecule has 21 heavy (non-hydrogen) atoms. The average Bonchev–Trinajstić information content (AvgIpc) is 2.27. The summed E-state index contributed by atoms with van der Waals surface area (Å²) in [7, 11) is -3.28. The fourth-order valence-corrected chi connectivity index (χ4v) is 3.73. The van der Waals surface area contributed by atoms with Gasteiger partial charge >= 0.3 is 5.97 Å². The maximum absolute atomic E-state index is 12.1. The average molecular weight is 344 g/mol. The van der Waals surface area contributed by atoms with Crippen LogP contribution >= 0.6 is 12.4 Å². The van der Waals surface area contributed by atoms with E-state index in [4.69, 9.17) is 5.73 Å². The number of sulfonamides is 1. The molecule has 1 aliphatic rings. The number of rotatable bonds is 5. The highest BCUT2D eigenvalue weighted by atomic mass is 35.5. The highest BCUT2D eigenvalue weighted by Crippen LogP contribution is 2.18. The number of piperazine rings is 1. The molecule has 0 aromatic carbocycles. The van der Waals surface area contributed by atoms with Crippen LogP contribution in [-0.4, -0.2) is 71.7 Å². The highest BCUT2D eigenvalue weighted by molar-refractivity contribution is 7.89. The van der Waals surface area contributed by atoms with Crippen molar-refractivity contribution >= 4 is 28.4 Å². The summed E-state index contributed by atoms with van der Waals surface area (Å²) >= 11 is 0. The Balaban J connectivity index is 0.00000400. The first-order chi connectivity index (χ1) is 8.98. The molecule has 0 saturated carbocycles. The summed E-state index contributed by atoms with van der Waals surface area (Å²) in [5, 5.41) is 8.86. The predicted octanol–water partition coefficient (Wildman–Crippen LogP) is -0.0455. The molecule has 1 aliphatic heterocycles. The number of halogens is 1. The molecule has 0 amide bonds. The van der Waals surface area contributed by atoms with Gasteiger partial charge in [0.25, 0.3) is 0 Å². The topological polar surface area (TPSA) is 104 Å². The van der Waals surface area contributed by atoms with E-state index in [1.165, 1.54) is 4.31 Å². The van der Waals surface area contributed by atoms with Gasteiger partial charge in [-0.1, -0.05) is 0 Å². The SMILES string of the molecule is CC(C)S(=O)(=O)N1CCN([C@H](C(=O)O)C(C)(C)N)CC1.Cl. The molecule has 7 nitrogen and oxygen atoms in total. The summed E-state index contributed by atoms with van der Waals surface area (Å²) in [6, 6.07) is -0.814. The van der Waals surface area contributed by atoms with Crippen LogP contribution in [0.1, 0.15) is 27.7 Å². The van der Waals surface area contributed by atoms with Gasteiger partial charge in [-0.25, -0.2) is 8.42 Å². The summed E-state index contributed by atoms with van der Waals surface area (Å²) in [4.78, 5) is 13.1. The molecule has 9 heteroatoms. The minimum absolute atomic E-state index is 0. The molecule has 0 aliphatic carbocycles. The number of carboxylic acid groups (broad SMARTS) is 1. The third-order valence-electron chi connectivity index (χ3n) is 3.53. The maximum atomic E-state index is 12.1. The Kier molecular flexibility index (Phi) is 7.09. The van der Waals surface area contributed by atoms with E-state index in [1.54, 1.807) is 32.6 Å². The summed E-state index contributed by atoms with van der Waals surface area (Å²) < 4.78 is 25.5. The van der Waals surface area contributed by atoms with Gasteiger partial charge in [-0.2, -0.15) is 4.31 Å². The Hall–Kier alpha value is -0.410. The normalized spacial score (nSPS) is 20.1. The molecule has 0 aromatic rings. The standard InChI is InChI=1S/C12H25N3O4S.ClH/c1-9(2)20(18,19)15-7-5-14(6-8-15)10(11(16)17)12(3,4)13;/h9-10H,5-8,13H2,1-4H3,(H,16,17);1H/t10-;/m1./s1. The molecule has 3 N–H and O–H groups in total. The lowest BCUT2D eigenvalue weighted by atomic mass is 9.94. The molecule has 1 fully saturated rings. The van der Waals surface area contributed by atoms with Crippen LogP contribution < -0.4 is 5.73 Å². The number of aliphatic carboxylic acids is 1. The number of nitrogens with zero attached hydrogens (tertiary/aromatic N) is 2. The van der Waals surface area contributed by atoms with Gasteiger partial charge in [-0.05, 0) is 27.7 Å². The van der Waals surface area contributed by atoms with Crippen molar-refractivity contribution in [1.82, 2.24) is 9.21 Å². The Bertz CT molecular complexity index is 454. The minimum atomic E-state index is -3.28.